The summed E-state index contributed by atoms with van der Waals surface area (Å²) in [4.78, 5) is 183. The second-order valence-corrected chi connectivity index (χ2v) is 24.6. The molecule has 26 N–H and O–H groups in total. The number of para-hydroxylation sites is 2. The van der Waals surface area contributed by atoms with Crippen LogP contribution in [-0.4, -0.2) is 226 Å². The molecular weight excluding hydrogens is 1290 g/mol. The number of carbonyl (C=O) groups is 13. The maximum absolute atomic E-state index is 14.5. The Morgan fingerprint density at radius 1 is 0.424 bits per heavy atom. The number of hydrogen-bond acceptors (Lipinski definition) is 20. The van der Waals surface area contributed by atoms with Gasteiger partial charge in [-0.05, 0) is 86.8 Å². The first-order chi connectivity index (χ1) is 47.0. The van der Waals surface area contributed by atoms with Crippen molar-refractivity contribution in [3.05, 3.63) is 72.1 Å². The van der Waals surface area contributed by atoms with Crippen LogP contribution in [0.2, 0.25) is 0 Å². The minimum absolute atomic E-state index is 0.0199. The zero-order valence-corrected chi connectivity index (χ0v) is 56.5. The fourth-order valence-corrected chi connectivity index (χ4v) is 10.2. The number of benzene rings is 2. The molecule has 12 amide bonds. The van der Waals surface area contributed by atoms with E-state index in [4.69, 9.17) is 22.9 Å². The summed E-state index contributed by atoms with van der Waals surface area (Å²) in [5, 5.41) is 71.4. The summed E-state index contributed by atoms with van der Waals surface area (Å²) in [5.74, 6) is -14.2. The van der Waals surface area contributed by atoms with Gasteiger partial charge in [0, 0.05) is 47.0 Å². The molecule has 2 aromatic carbocycles. The van der Waals surface area contributed by atoms with Crippen LogP contribution in [0, 0.1) is 17.8 Å². The molecule has 2 aromatic heterocycles. The van der Waals surface area contributed by atoms with Gasteiger partial charge < -0.3 is 117 Å². The van der Waals surface area contributed by atoms with Gasteiger partial charge in [0.25, 0.3) is 0 Å². The van der Waals surface area contributed by atoms with Crippen molar-refractivity contribution >= 4 is 98.7 Å². The highest BCUT2D eigenvalue weighted by atomic mass is 16.4. The van der Waals surface area contributed by atoms with E-state index < -0.39 is 188 Å². The summed E-state index contributed by atoms with van der Waals surface area (Å²) in [7, 11) is 0. The Balaban J connectivity index is 1.54. The first-order valence-electron chi connectivity index (χ1n) is 32.6. The minimum Gasteiger partial charge on any atom is -0.480 e. The van der Waals surface area contributed by atoms with Gasteiger partial charge in [-0.15, -0.1) is 0 Å². The molecule has 13 atom stereocenters. The van der Waals surface area contributed by atoms with Gasteiger partial charge in [0.2, 0.25) is 70.9 Å². The number of nitrogens with two attached hydrogens (primary N) is 4. The number of carboxylic acid groups (broad SMARTS) is 1. The number of hydrogen-bond donors (Lipinski definition) is 22. The van der Waals surface area contributed by atoms with Crippen LogP contribution in [0.3, 0.4) is 0 Å². The van der Waals surface area contributed by atoms with Crippen LogP contribution < -0.4 is 86.7 Å². The molecule has 546 valence electrons. The maximum Gasteiger partial charge on any atom is 0.325 e. The largest absolute Gasteiger partial charge is 0.480 e. The van der Waals surface area contributed by atoms with E-state index in [2.05, 4.69) is 73.8 Å². The van der Waals surface area contributed by atoms with Crippen LogP contribution in [0.4, 0.5) is 0 Å². The van der Waals surface area contributed by atoms with Crippen LogP contribution in [-0.2, 0) is 75.2 Å². The summed E-state index contributed by atoms with van der Waals surface area (Å²) < 4.78 is 0. The van der Waals surface area contributed by atoms with Crippen LogP contribution in [0.5, 0.6) is 0 Å². The van der Waals surface area contributed by atoms with Crippen molar-refractivity contribution in [1.29, 1.82) is 0 Å². The van der Waals surface area contributed by atoms with Crippen molar-refractivity contribution in [2.24, 2.45) is 40.7 Å². The fraction of sp³-hybridized carbons (Fsp3) is 0.547. The number of aliphatic hydroxyl groups excluding tert-OH is 3. The van der Waals surface area contributed by atoms with E-state index in [-0.39, 0.29) is 57.7 Å². The number of fused-ring (bicyclic) bond motifs is 2. The lowest BCUT2D eigenvalue weighted by Gasteiger charge is -2.29. The van der Waals surface area contributed by atoms with Crippen LogP contribution in [0.15, 0.2) is 60.9 Å². The van der Waals surface area contributed by atoms with E-state index in [1.165, 1.54) is 6.92 Å². The lowest BCUT2D eigenvalue weighted by Crippen LogP contribution is -2.62. The second-order valence-electron chi connectivity index (χ2n) is 24.6. The molecule has 4 rings (SSSR count). The molecule has 0 saturated heterocycles. The van der Waals surface area contributed by atoms with E-state index >= 15 is 0 Å². The molecule has 0 radical (unpaired) electrons. The first-order valence-corrected chi connectivity index (χ1v) is 32.6. The van der Waals surface area contributed by atoms with E-state index in [1.807, 2.05) is 0 Å². The molecular formula is C64H98N18O17. The number of aromatic nitrogens is 2. The molecule has 35 nitrogen and oxygen atoms in total. The highest BCUT2D eigenvalue weighted by Gasteiger charge is 2.38. The molecule has 4 aromatic rings. The third-order valence-electron chi connectivity index (χ3n) is 16.4. The number of H-pyrrole nitrogens is 2. The zero-order valence-electron chi connectivity index (χ0n) is 56.5. The monoisotopic (exact) mass is 1390 g/mol. The Bertz CT molecular complexity index is 3430. The standard InChI is InChI=1S/C64H98N18O17/c1-8-33(6)52(63(97)72-34(7)64(98)99)82-62(96)51(32(4)5)81-60(94)48(30-85)80-56(90)44(23-35-25-69-39-15-11-9-13-37(35)39)77-55(89)43(19-22-67)74-54(88)42(18-21-66)75-59(93)47(29-84)79-57(91)45(24-36-26-70-40-16-12-10-14-38(36)40)78-58(92)46(28-83)73-49(86)27-71-53(87)41(17-20-65)76-61(95)50(68)31(2)3/h9-16,25-26,31-34,41-48,50-52,69-70,83-85H,8,17-24,27-30,65-68H2,1-7H3,(H,71,87)(H,72,97)(H,73,86)(H,74,88)(H,75,93)(H,76,95)(H,77,89)(H,78,92)(H,79,91)(H,80,90)(H,81,94)(H,82,96)(H,98,99)/t33-,34-,41+,42-,43+,44-,45+,46+,47-,48-,50+,51-,52+/m0/s1. The Hall–Kier alpha value is -9.65. The number of amides is 12. The molecule has 0 aliphatic heterocycles. The van der Waals surface area contributed by atoms with Crippen LogP contribution in [0.1, 0.15) is 85.3 Å². The predicted octanol–water partition coefficient (Wildman–Crippen LogP) is -6.30. The van der Waals surface area contributed by atoms with Crippen molar-refractivity contribution in [3.8, 4) is 0 Å². The maximum atomic E-state index is 14.5. The van der Waals surface area contributed by atoms with Crippen molar-refractivity contribution in [2.45, 2.75) is 159 Å². The molecule has 0 unspecified atom stereocenters. The number of aliphatic carboxylic acids is 1. The molecule has 2 heterocycles. The van der Waals surface area contributed by atoms with Gasteiger partial charge >= 0.3 is 5.97 Å². The van der Waals surface area contributed by atoms with Crippen molar-refractivity contribution < 1.29 is 82.8 Å². The summed E-state index contributed by atoms with van der Waals surface area (Å²) in [6.45, 7) is 6.82. The average molecular weight is 1390 g/mol. The molecule has 0 spiro atoms. The number of carbonyl (C=O) groups excluding carboxylic acids is 12. The van der Waals surface area contributed by atoms with E-state index in [1.54, 1.807) is 102 Å². The molecule has 0 saturated carbocycles. The Labute approximate surface area is 571 Å². The fourth-order valence-electron chi connectivity index (χ4n) is 10.2. The molecule has 0 aliphatic carbocycles. The lowest BCUT2D eigenvalue weighted by molar-refractivity contribution is -0.142. The van der Waals surface area contributed by atoms with Crippen molar-refractivity contribution in [2.75, 3.05) is 46.0 Å². The van der Waals surface area contributed by atoms with Gasteiger partial charge in [-0.3, -0.25) is 62.3 Å². The number of aliphatic hydroxyl groups is 3. The smallest absolute Gasteiger partial charge is 0.325 e. The molecule has 0 bridgehead atoms. The third kappa shape index (κ3) is 24.4. The number of carboxylic acids is 1. The number of nitrogens with one attached hydrogen (secondary N) is 14. The van der Waals surface area contributed by atoms with E-state index in [0.29, 0.717) is 39.4 Å². The van der Waals surface area contributed by atoms with Crippen molar-refractivity contribution in [3.63, 3.8) is 0 Å². The number of rotatable bonds is 42. The average Bonchev–Trinajstić information content (AvgIpc) is 1.75. The Morgan fingerprint density at radius 2 is 0.778 bits per heavy atom. The van der Waals surface area contributed by atoms with Gasteiger partial charge in [-0.1, -0.05) is 84.4 Å². The molecule has 0 fully saturated rings. The first kappa shape index (κ1) is 81.8. The van der Waals surface area contributed by atoms with Crippen LogP contribution >= 0.6 is 0 Å². The topological polar surface area (TPSA) is 583 Å². The SMILES string of the molecule is CC[C@H](C)[C@@H](NC(=O)[C@@H](NC(=O)[C@H](CO)NC(=O)[C@H](Cc1c[nH]c2ccccc12)NC(=O)[C@@H](CCN)NC(=O)[C@H](CCN)NC(=O)[C@H](CO)NC(=O)[C@@H](Cc1c[nH]c2ccccc12)NC(=O)[C@@H](CO)NC(=O)CNC(=O)[C@@H](CCN)NC(=O)[C@H](N)C(C)C)C(C)C)C(=O)N[C@@H](C)C(=O)O. The minimum atomic E-state index is -1.85. The lowest BCUT2D eigenvalue weighted by atomic mass is 9.96. The highest BCUT2D eigenvalue weighted by Crippen LogP contribution is 2.22. The Kier molecular flexibility index (Phi) is 33.3. The summed E-state index contributed by atoms with van der Waals surface area (Å²) in [5.41, 5.74) is 25.7. The molecule has 35 heteroatoms. The van der Waals surface area contributed by atoms with Gasteiger partial charge in [-0.25, -0.2) is 0 Å². The summed E-state index contributed by atoms with van der Waals surface area (Å²) >= 11 is 0. The molecule has 0 aliphatic rings. The molecule has 99 heavy (non-hydrogen) atoms. The van der Waals surface area contributed by atoms with Gasteiger partial charge in [0.1, 0.15) is 66.5 Å². The summed E-state index contributed by atoms with van der Waals surface area (Å²) in [6, 6.07) is -3.80. The van der Waals surface area contributed by atoms with Gasteiger partial charge in [0.15, 0.2) is 0 Å². The third-order valence-corrected chi connectivity index (χ3v) is 16.4. The van der Waals surface area contributed by atoms with Gasteiger partial charge in [0.05, 0.1) is 32.4 Å². The van der Waals surface area contributed by atoms with Crippen LogP contribution in [0.25, 0.3) is 21.8 Å². The quantitative estimate of drug-likeness (QED) is 0.0196. The zero-order chi connectivity index (χ0) is 73.8. The van der Waals surface area contributed by atoms with Gasteiger partial charge in [-0.2, -0.15) is 0 Å². The second kappa shape index (κ2) is 40.3. The normalized spacial score (nSPS) is 15.3. The number of aromatic amines is 2. The highest BCUT2D eigenvalue weighted by molar-refractivity contribution is 6.00. The summed E-state index contributed by atoms with van der Waals surface area (Å²) in [6.07, 6.45) is 2.37. The van der Waals surface area contributed by atoms with E-state index in [9.17, 15) is 82.8 Å². The Morgan fingerprint density at radius 3 is 1.18 bits per heavy atom. The van der Waals surface area contributed by atoms with Crippen molar-refractivity contribution in [1.82, 2.24) is 73.8 Å². The predicted molar refractivity (Wildman–Crippen MR) is 361 cm³/mol. The van der Waals surface area contributed by atoms with E-state index in [0.717, 1.165) is 0 Å².